The fourth-order valence-corrected chi connectivity index (χ4v) is 3.36. The maximum absolute atomic E-state index is 5.94. The molecule has 0 aliphatic carbocycles. The summed E-state index contributed by atoms with van der Waals surface area (Å²) in [7, 11) is 0. The predicted molar refractivity (Wildman–Crippen MR) is 98.7 cm³/mol. The molecule has 138 valence electrons. The molecule has 1 fully saturated rings. The van der Waals surface area contributed by atoms with E-state index < -0.39 is 0 Å². The topological polar surface area (TPSA) is 62.3 Å². The standard InChI is InChI=1S/C20H25N3O3/c1-14(2)12-18-21-22-20(26-18)17-13-15-6-3-4-7-16(15)23(17)9-8-19-24-10-5-11-25-19/h3-4,6-7,13-14,19H,5,8-12H2,1-2H3. The first kappa shape index (κ1) is 17.2. The summed E-state index contributed by atoms with van der Waals surface area (Å²) in [5.41, 5.74) is 2.10. The highest BCUT2D eigenvalue weighted by atomic mass is 16.7. The smallest absolute Gasteiger partial charge is 0.264 e. The van der Waals surface area contributed by atoms with Crippen LogP contribution in [0.2, 0.25) is 0 Å². The summed E-state index contributed by atoms with van der Waals surface area (Å²) in [5.74, 6) is 1.74. The van der Waals surface area contributed by atoms with Gasteiger partial charge >= 0.3 is 0 Å². The molecule has 0 atom stereocenters. The van der Waals surface area contributed by atoms with Crippen LogP contribution in [-0.4, -0.2) is 34.3 Å². The van der Waals surface area contributed by atoms with Crippen LogP contribution >= 0.6 is 0 Å². The highest BCUT2D eigenvalue weighted by molar-refractivity contribution is 5.85. The Bertz CT molecular complexity index is 862. The minimum atomic E-state index is -0.142. The number of aryl methyl sites for hydroxylation is 1. The molecule has 4 rings (SSSR count). The number of rotatable bonds is 6. The summed E-state index contributed by atoms with van der Waals surface area (Å²) in [6.07, 6.45) is 2.40. The van der Waals surface area contributed by atoms with Gasteiger partial charge < -0.3 is 18.5 Å². The Morgan fingerprint density at radius 1 is 1.15 bits per heavy atom. The first-order chi connectivity index (χ1) is 12.7. The zero-order valence-corrected chi connectivity index (χ0v) is 15.4. The second-order valence-electron chi connectivity index (χ2n) is 7.15. The van der Waals surface area contributed by atoms with Crippen molar-refractivity contribution in [2.75, 3.05) is 13.2 Å². The molecule has 1 aliphatic heterocycles. The molecule has 0 saturated carbocycles. The van der Waals surface area contributed by atoms with Crippen LogP contribution in [0.15, 0.2) is 34.7 Å². The highest BCUT2D eigenvalue weighted by Gasteiger charge is 2.19. The van der Waals surface area contributed by atoms with E-state index in [-0.39, 0.29) is 6.29 Å². The lowest BCUT2D eigenvalue weighted by Crippen LogP contribution is -2.26. The highest BCUT2D eigenvalue weighted by Crippen LogP contribution is 2.28. The van der Waals surface area contributed by atoms with Crippen LogP contribution < -0.4 is 0 Å². The molecule has 26 heavy (non-hydrogen) atoms. The molecule has 0 amide bonds. The lowest BCUT2D eigenvalue weighted by molar-refractivity contribution is -0.182. The molecular formula is C20H25N3O3. The third-order valence-corrected chi connectivity index (χ3v) is 4.56. The van der Waals surface area contributed by atoms with Crippen LogP contribution in [0.1, 0.15) is 32.6 Å². The van der Waals surface area contributed by atoms with Crippen molar-refractivity contribution in [3.63, 3.8) is 0 Å². The first-order valence-corrected chi connectivity index (χ1v) is 9.35. The van der Waals surface area contributed by atoms with E-state index in [1.54, 1.807) is 0 Å². The molecular weight excluding hydrogens is 330 g/mol. The lowest BCUT2D eigenvalue weighted by Gasteiger charge is -2.23. The largest absolute Gasteiger partial charge is 0.419 e. The monoisotopic (exact) mass is 355 g/mol. The van der Waals surface area contributed by atoms with Crippen LogP contribution in [0.4, 0.5) is 0 Å². The summed E-state index contributed by atoms with van der Waals surface area (Å²) in [6, 6.07) is 10.4. The van der Waals surface area contributed by atoms with Crippen molar-refractivity contribution in [3.05, 3.63) is 36.2 Å². The second-order valence-corrected chi connectivity index (χ2v) is 7.15. The van der Waals surface area contributed by atoms with Gasteiger partial charge in [0.2, 0.25) is 5.89 Å². The van der Waals surface area contributed by atoms with E-state index in [9.17, 15) is 0 Å². The summed E-state index contributed by atoms with van der Waals surface area (Å²) in [4.78, 5) is 0. The van der Waals surface area contributed by atoms with Gasteiger partial charge in [0.1, 0.15) is 5.69 Å². The number of para-hydroxylation sites is 1. The van der Waals surface area contributed by atoms with Crippen molar-refractivity contribution in [1.29, 1.82) is 0 Å². The fraction of sp³-hybridized carbons (Fsp3) is 0.500. The fourth-order valence-electron chi connectivity index (χ4n) is 3.36. The third kappa shape index (κ3) is 3.66. The minimum Gasteiger partial charge on any atom is -0.419 e. The zero-order chi connectivity index (χ0) is 17.9. The van der Waals surface area contributed by atoms with E-state index in [1.807, 2.05) is 12.1 Å². The SMILES string of the molecule is CC(C)Cc1nnc(-c2cc3ccccc3n2CCC2OCCCO2)o1. The number of aromatic nitrogens is 3. The molecule has 3 heterocycles. The average molecular weight is 355 g/mol. The number of benzene rings is 1. The van der Waals surface area contributed by atoms with Crippen LogP contribution in [0, 0.1) is 5.92 Å². The van der Waals surface area contributed by atoms with Gasteiger partial charge in [0.15, 0.2) is 6.29 Å². The van der Waals surface area contributed by atoms with Gasteiger partial charge in [0.05, 0.1) is 13.2 Å². The number of nitrogens with zero attached hydrogens (tertiary/aromatic N) is 3. The van der Waals surface area contributed by atoms with Gasteiger partial charge in [0, 0.05) is 30.3 Å². The third-order valence-electron chi connectivity index (χ3n) is 4.56. The minimum absolute atomic E-state index is 0.142. The molecule has 6 heteroatoms. The Morgan fingerprint density at radius 3 is 2.77 bits per heavy atom. The van der Waals surface area contributed by atoms with Crippen molar-refractivity contribution in [1.82, 2.24) is 14.8 Å². The molecule has 0 N–H and O–H groups in total. The molecule has 1 saturated heterocycles. The summed E-state index contributed by atoms with van der Waals surface area (Å²) in [5, 5.41) is 9.67. The normalized spacial score (nSPS) is 16.0. The Morgan fingerprint density at radius 2 is 1.96 bits per heavy atom. The first-order valence-electron chi connectivity index (χ1n) is 9.35. The van der Waals surface area contributed by atoms with E-state index in [2.05, 4.69) is 46.8 Å². The van der Waals surface area contributed by atoms with Crippen molar-refractivity contribution in [2.45, 2.75) is 45.9 Å². The van der Waals surface area contributed by atoms with Gasteiger partial charge in [-0.15, -0.1) is 10.2 Å². The second kappa shape index (κ2) is 7.60. The van der Waals surface area contributed by atoms with Gasteiger partial charge in [0.25, 0.3) is 5.89 Å². The Kier molecular flexibility index (Phi) is 5.04. The lowest BCUT2D eigenvalue weighted by atomic mass is 10.1. The molecule has 0 unspecified atom stereocenters. The maximum Gasteiger partial charge on any atom is 0.264 e. The molecule has 3 aromatic rings. The molecule has 1 aliphatic rings. The Labute approximate surface area is 153 Å². The summed E-state index contributed by atoms with van der Waals surface area (Å²) < 4.78 is 19.6. The zero-order valence-electron chi connectivity index (χ0n) is 15.4. The van der Waals surface area contributed by atoms with E-state index in [1.165, 1.54) is 0 Å². The molecule has 0 radical (unpaired) electrons. The van der Waals surface area contributed by atoms with Gasteiger partial charge in [-0.2, -0.15) is 0 Å². The summed E-state index contributed by atoms with van der Waals surface area (Å²) >= 11 is 0. The molecule has 2 aromatic heterocycles. The van der Waals surface area contributed by atoms with Crippen LogP contribution in [0.3, 0.4) is 0 Å². The van der Waals surface area contributed by atoms with E-state index >= 15 is 0 Å². The van der Waals surface area contributed by atoms with E-state index in [0.717, 1.165) is 55.6 Å². The number of hydrogen-bond donors (Lipinski definition) is 0. The quantitative estimate of drug-likeness (QED) is 0.668. The Hall–Kier alpha value is -2.18. The van der Waals surface area contributed by atoms with Gasteiger partial charge in [-0.05, 0) is 24.5 Å². The van der Waals surface area contributed by atoms with Crippen molar-refractivity contribution >= 4 is 10.9 Å². The van der Waals surface area contributed by atoms with Crippen molar-refractivity contribution in [3.8, 4) is 11.6 Å². The van der Waals surface area contributed by atoms with Crippen LogP contribution in [0.25, 0.3) is 22.5 Å². The van der Waals surface area contributed by atoms with Gasteiger partial charge in [-0.25, -0.2) is 0 Å². The maximum atomic E-state index is 5.94. The van der Waals surface area contributed by atoms with E-state index in [0.29, 0.717) is 17.7 Å². The molecule has 6 nitrogen and oxygen atoms in total. The van der Waals surface area contributed by atoms with Gasteiger partial charge in [-0.3, -0.25) is 0 Å². The van der Waals surface area contributed by atoms with Crippen LogP contribution in [0.5, 0.6) is 0 Å². The average Bonchev–Trinajstić information content (AvgIpc) is 3.24. The van der Waals surface area contributed by atoms with E-state index in [4.69, 9.17) is 13.9 Å². The molecule has 0 spiro atoms. The molecule has 0 bridgehead atoms. The van der Waals surface area contributed by atoms with Gasteiger partial charge in [-0.1, -0.05) is 32.0 Å². The number of fused-ring (bicyclic) bond motifs is 1. The Balaban J connectivity index is 1.63. The van der Waals surface area contributed by atoms with Crippen LogP contribution in [-0.2, 0) is 22.4 Å². The van der Waals surface area contributed by atoms with Crippen molar-refractivity contribution in [2.24, 2.45) is 5.92 Å². The molecule has 1 aromatic carbocycles. The van der Waals surface area contributed by atoms with Crippen molar-refractivity contribution < 1.29 is 13.9 Å². The number of ether oxygens (including phenoxy) is 2. The number of hydrogen-bond acceptors (Lipinski definition) is 5. The predicted octanol–water partition coefficient (Wildman–Crippen LogP) is 4.04. The summed E-state index contributed by atoms with van der Waals surface area (Å²) in [6.45, 7) is 6.60.